The molecule has 2 N–H and O–H groups in total. The summed E-state index contributed by atoms with van der Waals surface area (Å²) >= 11 is 0. The number of imide groups is 1. The lowest BCUT2D eigenvalue weighted by Crippen LogP contribution is -2.18. The Morgan fingerprint density at radius 1 is 1.19 bits per heavy atom. The standard InChI is InChI=1S/C7H14O2.C4H5NO2/c1-2-3-4-5-6-7(8)9;6-3-1-2-4(7)5-3/h2-6H2,1H3,(H,8,9);1-2H2,(H,5,6,7). The number of nitrogens with one attached hydrogen (secondary N) is 1. The number of rotatable bonds is 5. The number of carboxylic acids is 1. The first-order valence-electron chi connectivity index (χ1n) is 5.60. The summed E-state index contributed by atoms with van der Waals surface area (Å²) in [5.74, 6) is -0.971. The van der Waals surface area contributed by atoms with Gasteiger partial charge in [0, 0.05) is 19.3 Å². The smallest absolute Gasteiger partial charge is 0.303 e. The zero-order valence-corrected chi connectivity index (χ0v) is 9.62. The molecule has 1 rings (SSSR count). The van der Waals surface area contributed by atoms with E-state index in [9.17, 15) is 14.4 Å². The van der Waals surface area contributed by atoms with Gasteiger partial charge >= 0.3 is 5.97 Å². The molecule has 0 radical (unpaired) electrons. The van der Waals surface area contributed by atoms with Crippen LogP contribution in [-0.2, 0) is 14.4 Å². The number of amides is 2. The monoisotopic (exact) mass is 229 g/mol. The second-order valence-corrected chi connectivity index (χ2v) is 3.68. The molecule has 1 saturated heterocycles. The van der Waals surface area contributed by atoms with Gasteiger partial charge in [-0.15, -0.1) is 0 Å². The fraction of sp³-hybridized carbons (Fsp3) is 0.727. The summed E-state index contributed by atoms with van der Waals surface area (Å²) in [7, 11) is 0. The van der Waals surface area contributed by atoms with Gasteiger partial charge in [0.2, 0.25) is 11.8 Å². The van der Waals surface area contributed by atoms with Crippen LogP contribution < -0.4 is 5.32 Å². The quantitative estimate of drug-likeness (QED) is 0.552. The molecule has 0 aromatic heterocycles. The van der Waals surface area contributed by atoms with E-state index >= 15 is 0 Å². The van der Waals surface area contributed by atoms with Crippen molar-refractivity contribution in [2.45, 2.75) is 51.9 Å². The van der Waals surface area contributed by atoms with Crippen molar-refractivity contribution >= 4 is 17.8 Å². The van der Waals surface area contributed by atoms with Crippen LogP contribution in [0.1, 0.15) is 51.9 Å². The largest absolute Gasteiger partial charge is 0.481 e. The fourth-order valence-electron chi connectivity index (χ4n) is 1.21. The Morgan fingerprint density at radius 3 is 2.06 bits per heavy atom. The molecule has 1 heterocycles. The van der Waals surface area contributed by atoms with E-state index in [2.05, 4.69) is 12.2 Å². The van der Waals surface area contributed by atoms with Crippen LogP contribution in [0.4, 0.5) is 0 Å². The molecule has 1 aliphatic rings. The third-order valence-electron chi connectivity index (χ3n) is 2.10. The van der Waals surface area contributed by atoms with Crippen molar-refractivity contribution in [3.8, 4) is 0 Å². The average Bonchev–Trinajstić information content (AvgIpc) is 2.58. The van der Waals surface area contributed by atoms with Crippen LogP contribution >= 0.6 is 0 Å². The molecule has 5 nitrogen and oxygen atoms in total. The van der Waals surface area contributed by atoms with Crippen LogP contribution in [0.25, 0.3) is 0 Å². The molecule has 0 bridgehead atoms. The minimum Gasteiger partial charge on any atom is -0.481 e. The Hall–Kier alpha value is -1.39. The second-order valence-electron chi connectivity index (χ2n) is 3.68. The van der Waals surface area contributed by atoms with Gasteiger partial charge in [-0.1, -0.05) is 26.2 Å². The minimum absolute atomic E-state index is 0.148. The van der Waals surface area contributed by atoms with E-state index in [4.69, 9.17) is 5.11 Å². The predicted molar refractivity (Wildman–Crippen MR) is 58.8 cm³/mol. The van der Waals surface area contributed by atoms with E-state index in [0.717, 1.165) is 19.3 Å². The number of carbonyl (C=O) groups excluding carboxylic acids is 2. The number of hydrogen-bond donors (Lipinski definition) is 2. The van der Waals surface area contributed by atoms with E-state index in [1.54, 1.807) is 0 Å². The summed E-state index contributed by atoms with van der Waals surface area (Å²) in [6.45, 7) is 2.11. The van der Waals surface area contributed by atoms with E-state index in [1.807, 2.05) is 0 Å². The average molecular weight is 229 g/mol. The molecule has 92 valence electrons. The summed E-state index contributed by atoms with van der Waals surface area (Å²) in [5.41, 5.74) is 0. The van der Waals surface area contributed by atoms with Gasteiger partial charge in [-0.05, 0) is 6.42 Å². The highest BCUT2D eigenvalue weighted by Gasteiger charge is 2.15. The maximum absolute atomic E-state index is 10.1. The van der Waals surface area contributed by atoms with Gasteiger partial charge in [-0.2, -0.15) is 0 Å². The van der Waals surface area contributed by atoms with Crippen molar-refractivity contribution in [3.05, 3.63) is 0 Å². The van der Waals surface area contributed by atoms with Crippen LogP contribution in [0, 0.1) is 0 Å². The zero-order valence-electron chi connectivity index (χ0n) is 9.62. The Labute approximate surface area is 95.2 Å². The van der Waals surface area contributed by atoms with Crippen LogP contribution in [0.15, 0.2) is 0 Å². The summed E-state index contributed by atoms with van der Waals surface area (Å²) in [4.78, 5) is 30.2. The lowest BCUT2D eigenvalue weighted by molar-refractivity contribution is -0.137. The summed E-state index contributed by atoms with van der Waals surface area (Å²) in [6.07, 6.45) is 5.30. The fourth-order valence-corrected chi connectivity index (χ4v) is 1.21. The third kappa shape index (κ3) is 9.18. The van der Waals surface area contributed by atoms with Crippen molar-refractivity contribution in [2.75, 3.05) is 0 Å². The first kappa shape index (κ1) is 14.6. The van der Waals surface area contributed by atoms with Crippen LogP contribution in [-0.4, -0.2) is 22.9 Å². The van der Waals surface area contributed by atoms with Gasteiger partial charge in [-0.25, -0.2) is 0 Å². The third-order valence-corrected chi connectivity index (χ3v) is 2.10. The molecule has 1 fully saturated rings. The van der Waals surface area contributed by atoms with Crippen LogP contribution in [0.2, 0.25) is 0 Å². The molecule has 5 heteroatoms. The van der Waals surface area contributed by atoms with E-state index in [1.165, 1.54) is 6.42 Å². The molecule has 0 aromatic rings. The van der Waals surface area contributed by atoms with Crippen molar-refractivity contribution in [1.29, 1.82) is 0 Å². The lowest BCUT2D eigenvalue weighted by atomic mass is 10.2. The van der Waals surface area contributed by atoms with Gasteiger partial charge in [0.15, 0.2) is 0 Å². The molecular weight excluding hydrogens is 210 g/mol. The molecule has 0 saturated carbocycles. The first-order valence-corrected chi connectivity index (χ1v) is 5.60. The van der Waals surface area contributed by atoms with Crippen molar-refractivity contribution in [1.82, 2.24) is 5.32 Å². The van der Waals surface area contributed by atoms with Gasteiger partial charge in [-0.3, -0.25) is 19.7 Å². The van der Waals surface area contributed by atoms with Crippen LogP contribution in [0.3, 0.4) is 0 Å². The molecule has 0 aromatic carbocycles. The normalized spacial score (nSPS) is 14.1. The molecule has 0 atom stereocenters. The SMILES string of the molecule is CCCCCCC(=O)O.O=C1CCC(=O)N1. The van der Waals surface area contributed by atoms with E-state index < -0.39 is 5.97 Å². The molecule has 16 heavy (non-hydrogen) atoms. The highest BCUT2D eigenvalue weighted by molar-refractivity contribution is 6.01. The Bertz CT molecular complexity index is 236. The first-order chi connectivity index (χ1) is 7.56. The Morgan fingerprint density at radius 2 is 1.75 bits per heavy atom. The topological polar surface area (TPSA) is 83.5 Å². The van der Waals surface area contributed by atoms with Gasteiger partial charge in [0.1, 0.15) is 0 Å². The van der Waals surface area contributed by atoms with E-state index in [-0.39, 0.29) is 11.8 Å². The molecule has 0 unspecified atom stereocenters. The molecule has 0 spiro atoms. The summed E-state index contributed by atoms with van der Waals surface area (Å²) in [5, 5.41) is 10.4. The predicted octanol–water partition coefficient (Wildman–Crippen LogP) is 1.46. The van der Waals surface area contributed by atoms with Gasteiger partial charge in [0.25, 0.3) is 0 Å². The maximum atomic E-state index is 10.1. The number of hydrogen-bond acceptors (Lipinski definition) is 3. The molecular formula is C11H19NO4. The highest BCUT2D eigenvalue weighted by atomic mass is 16.4. The summed E-state index contributed by atoms with van der Waals surface area (Å²) < 4.78 is 0. The van der Waals surface area contributed by atoms with Crippen molar-refractivity contribution < 1.29 is 19.5 Å². The number of carboxylic acid groups (broad SMARTS) is 1. The highest BCUT2D eigenvalue weighted by Crippen LogP contribution is 2.01. The molecule has 2 amide bonds. The van der Waals surface area contributed by atoms with E-state index in [0.29, 0.717) is 19.3 Å². The maximum Gasteiger partial charge on any atom is 0.303 e. The molecule has 1 aliphatic heterocycles. The summed E-state index contributed by atoms with van der Waals surface area (Å²) in [6, 6.07) is 0. The lowest BCUT2D eigenvalue weighted by Gasteiger charge is -1.92. The van der Waals surface area contributed by atoms with Gasteiger partial charge in [0.05, 0.1) is 0 Å². The number of aliphatic carboxylic acids is 1. The van der Waals surface area contributed by atoms with Crippen molar-refractivity contribution in [2.24, 2.45) is 0 Å². The van der Waals surface area contributed by atoms with Crippen LogP contribution in [0.5, 0.6) is 0 Å². The Balaban J connectivity index is 0.000000288. The minimum atomic E-state index is -0.675. The zero-order chi connectivity index (χ0) is 12.4. The number of unbranched alkanes of at least 4 members (excludes halogenated alkanes) is 3. The molecule has 0 aliphatic carbocycles. The number of carbonyl (C=O) groups is 3. The second kappa shape index (κ2) is 8.88. The Kier molecular flexibility index (Phi) is 8.11. The van der Waals surface area contributed by atoms with Gasteiger partial charge < -0.3 is 5.11 Å². The van der Waals surface area contributed by atoms with Crippen molar-refractivity contribution in [3.63, 3.8) is 0 Å².